The molecule has 2 N–H and O–H groups in total. The van der Waals surface area contributed by atoms with E-state index in [9.17, 15) is 0 Å². The first-order valence-corrected chi connectivity index (χ1v) is 3.88. The van der Waals surface area contributed by atoms with Crippen molar-refractivity contribution in [3.05, 3.63) is 30.2 Å². The van der Waals surface area contributed by atoms with Gasteiger partial charge in [0.25, 0.3) is 0 Å². The summed E-state index contributed by atoms with van der Waals surface area (Å²) in [5.41, 5.74) is 5.37. The third-order valence-corrected chi connectivity index (χ3v) is 1.46. The van der Waals surface area contributed by atoms with Crippen molar-refractivity contribution in [1.82, 2.24) is 0 Å². The molecule has 66 valence electrons. The van der Waals surface area contributed by atoms with Gasteiger partial charge in [-0.05, 0) is 19.1 Å². The van der Waals surface area contributed by atoms with Crippen LogP contribution in [0.4, 0.5) is 0 Å². The van der Waals surface area contributed by atoms with E-state index in [0.29, 0.717) is 24.7 Å². The highest BCUT2D eigenvalue weighted by Gasteiger charge is 2.04. The molecule has 1 aromatic rings. The van der Waals surface area contributed by atoms with Crippen LogP contribution in [0.5, 0.6) is 0 Å². The van der Waals surface area contributed by atoms with Crippen molar-refractivity contribution in [2.45, 2.75) is 13.5 Å². The Morgan fingerprint density at radius 3 is 2.92 bits per heavy atom. The van der Waals surface area contributed by atoms with Crippen LogP contribution >= 0.6 is 0 Å². The van der Waals surface area contributed by atoms with Crippen LogP contribution in [0.25, 0.3) is 5.76 Å². The summed E-state index contributed by atoms with van der Waals surface area (Å²) in [6.45, 7) is 6.60. The van der Waals surface area contributed by atoms with Crippen LogP contribution in [0.15, 0.2) is 23.1 Å². The highest BCUT2D eigenvalue weighted by Crippen LogP contribution is 2.16. The average Bonchev–Trinajstić information content (AvgIpc) is 2.52. The molecule has 1 heterocycles. The summed E-state index contributed by atoms with van der Waals surface area (Å²) in [4.78, 5) is 0. The quantitative estimate of drug-likeness (QED) is 0.695. The van der Waals surface area contributed by atoms with Crippen molar-refractivity contribution in [2.75, 3.05) is 6.61 Å². The van der Waals surface area contributed by atoms with Gasteiger partial charge in [0.05, 0.1) is 13.2 Å². The zero-order chi connectivity index (χ0) is 8.97. The fourth-order valence-corrected chi connectivity index (χ4v) is 0.883. The topological polar surface area (TPSA) is 48.4 Å². The van der Waals surface area contributed by atoms with Crippen LogP contribution in [0.3, 0.4) is 0 Å². The van der Waals surface area contributed by atoms with Gasteiger partial charge >= 0.3 is 0 Å². The van der Waals surface area contributed by atoms with Gasteiger partial charge in [0.2, 0.25) is 0 Å². The summed E-state index contributed by atoms with van der Waals surface area (Å²) >= 11 is 0. The summed E-state index contributed by atoms with van der Waals surface area (Å²) in [7, 11) is 0. The van der Waals surface area contributed by atoms with E-state index in [1.807, 2.05) is 13.0 Å². The van der Waals surface area contributed by atoms with Gasteiger partial charge in [0, 0.05) is 0 Å². The standard InChI is InChI=1S/C9H13NO2/c1-3-11-7(2)9-5-4-8(6-10)12-9/h4-5H,2-3,6,10H2,1H3. The molecule has 0 aliphatic carbocycles. The molecule has 0 saturated carbocycles. The monoisotopic (exact) mass is 167 g/mol. The maximum Gasteiger partial charge on any atom is 0.168 e. The minimum atomic E-state index is 0.402. The van der Waals surface area contributed by atoms with Crippen molar-refractivity contribution in [2.24, 2.45) is 5.73 Å². The molecule has 0 radical (unpaired) electrons. The zero-order valence-corrected chi connectivity index (χ0v) is 7.17. The second-order valence-electron chi connectivity index (χ2n) is 2.33. The average molecular weight is 167 g/mol. The molecule has 0 bridgehead atoms. The number of ether oxygens (including phenoxy) is 1. The molecule has 3 heteroatoms. The number of hydrogen-bond donors (Lipinski definition) is 1. The Morgan fingerprint density at radius 1 is 1.67 bits per heavy atom. The second kappa shape index (κ2) is 3.97. The lowest BCUT2D eigenvalue weighted by molar-refractivity contribution is 0.286. The summed E-state index contributed by atoms with van der Waals surface area (Å²) in [6, 6.07) is 3.62. The van der Waals surface area contributed by atoms with Crippen LogP contribution in [-0.4, -0.2) is 6.61 Å². The van der Waals surface area contributed by atoms with Gasteiger partial charge in [-0.3, -0.25) is 0 Å². The fraction of sp³-hybridized carbons (Fsp3) is 0.333. The maximum absolute atomic E-state index is 5.37. The molecular weight excluding hydrogens is 154 g/mol. The third-order valence-electron chi connectivity index (χ3n) is 1.46. The Hall–Kier alpha value is -1.22. The Balaban J connectivity index is 2.68. The largest absolute Gasteiger partial charge is 0.491 e. The molecule has 0 atom stereocenters. The normalized spacial score (nSPS) is 9.83. The lowest BCUT2D eigenvalue weighted by atomic mass is 10.4. The van der Waals surface area contributed by atoms with E-state index in [1.54, 1.807) is 6.07 Å². The predicted molar refractivity (Wildman–Crippen MR) is 47.3 cm³/mol. The van der Waals surface area contributed by atoms with E-state index in [-0.39, 0.29) is 0 Å². The van der Waals surface area contributed by atoms with E-state index in [0.717, 1.165) is 5.76 Å². The highest BCUT2D eigenvalue weighted by atomic mass is 16.5. The number of furan rings is 1. The lowest BCUT2D eigenvalue weighted by Crippen LogP contribution is -1.93. The van der Waals surface area contributed by atoms with E-state index < -0.39 is 0 Å². The predicted octanol–water partition coefficient (Wildman–Crippen LogP) is 1.75. The highest BCUT2D eigenvalue weighted by molar-refractivity contribution is 5.51. The molecular formula is C9H13NO2. The van der Waals surface area contributed by atoms with Crippen molar-refractivity contribution < 1.29 is 9.15 Å². The molecule has 3 nitrogen and oxygen atoms in total. The van der Waals surface area contributed by atoms with E-state index in [1.165, 1.54) is 0 Å². The molecule has 1 aromatic heterocycles. The smallest absolute Gasteiger partial charge is 0.168 e. The van der Waals surface area contributed by atoms with Gasteiger partial charge in [0.1, 0.15) is 5.76 Å². The molecule has 0 aromatic carbocycles. The fourth-order valence-electron chi connectivity index (χ4n) is 0.883. The summed E-state index contributed by atoms with van der Waals surface area (Å²) in [6.07, 6.45) is 0. The van der Waals surface area contributed by atoms with Gasteiger partial charge in [-0.25, -0.2) is 0 Å². The minimum absolute atomic E-state index is 0.402. The Bertz CT molecular complexity index is 265. The molecule has 1 rings (SSSR count). The first kappa shape index (κ1) is 8.87. The SMILES string of the molecule is C=C(OCC)c1ccc(CN)o1. The number of rotatable bonds is 4. The number of nitrogens with two attached hydrogens (primary N) is 1. The summed E-state index contributed by atoms with van der Waals surface area (Å²) in [5, 5.41) is 0. The Labute approximate surface area is 71.8 Å². The van der Waals surface area contributed by atoms with Crippen molar-refractivity contribution in [3.8, 4) is 0 Å². The van der Waals surface area contributed by atoms with Crippen LogP contribution in [0.2, 0.25) is 0 Å². The van der Waals surface area contributed by atoms with Crippen molar-refractivity contribution in [3.63, 3.8) is 0 Å². The summed E-state index contributed by atoms with van der Waals surface area (Å²) in [5.74, 6) is 1.94. The third kappa shape index (κ3) is 1.89. The molecule has 0 aliphatic heterocycles. The van der Waals surface area contributed by atoms with E-state index in [4.69, 9.17) is 14.9 Å². The minimum Gasteiger partial charge on any atom is -0.491 e. The van der Waals surface area contributed by atoms with Crippen LogP contribution in [-0.2, 0) is 11.3 Å². The Morgan fingerprint density at radius 2 is 2.42 bits per heavy atom. The lowest BCUT2D eigenvalue weighted by Gasteiger charge is -2.01. The second-order valence-corrected chi connectivity index (χ2v) is 2.33. The van der Waals surface area contributed by atoms with E-state index in [2.05, 4.69) is 6.58 Å². The molecule has 0 saturated heterocycles. The molecule has 0 aliphatic rings. The van der Waals surface area contributed by atoms with Gasteiger partial charge in [-0.2, -0.15) is 0 Å². The summed E-state index contributed by atoms with van der Waals surface area (Å²) < 4.78 is 10.5. The Kier molecular flexibility index (Phi) is 2.94. The molecule has 0 spiro atoms. The molecule has 0 amide bonds. The zero-order valence-electron chi connectivity index (χ0n) is 7.17. The van der Waals surface area contributed by atoms with Gasteiger partial charge in [-0.15, -0.1) is 0 Å². The van der Waals surface area contributed by atoms with Gasteiger partial charge in [0.15, 0.2) is 11.5 Å². The first-order chi connectivity index (χ1) is 5.77. The van der Waals surface area contributed by atoms with Crippen molar-refractivity contribution >= 4 is 5.76 Å². The van der Waals surface area contributed by atoms with Crippen LogP contribution < -0.4 is 5.73 Å². The van der Waals surface area contributed by atoms with Gasteiger partial charge < -0.3 is 14.9 Å². The molecule has 12 heavy (non-hydrogen) atoms. The van der Waals surface area contributed by atoms with Crippen molar-refractivity contribution in [1.29, 1.82) is 0 Å². The van der Waals surface area contributed by atoms with Crippen LogP contribution in [0.1, 0.15) is 18.4 Å². The molecule has 0 unspecified atom stereocenters. The first-order valence-electron chi connectivity index (χ1n) is 3.88. The van der Waals surface area contributed by atoms with Gasteiger partial charge in [-0.1, -0.05) is 6.58 Å². The molecule has 0 fully saturated rings. The van der Waals surface area contributed by atoms with Crippen LogP contribution in [0, 0.1) is 0 Å². The maximum atomic E-state index is 5.37. The van der Waals surface area contributed by atoms with E-state index >= 15 is 0 Å². The number of hydrogen-bond acceptors (Lipinski definition) is 3.